The van der Waals surface area contributed by atoms with E-state index in [2.05, 4.69) is 5.32 Å². The van der Waals surface area contributed by atoms with Gasteiger partial charge in [-0.3, -0.25) is 19.3 Å². The van der Waals surface area contributed by atoms with Gasteiger partial charge in [0.25, 0.3) is 11.8 Å². The normalized spacial score (nSPS) is 21.4. The molecule has 0 radical (unpaired) electrons. The van der Waals surface area contributed by atoms with Gasteiger partial charge in [0.1, 0.15) is 31.1 Å². The Hall–Kier alpha value is -3.15. The lowest BCUT2D eigenvalue weighted by atomic mass is 10.0. The molecule has 1 N–H and O–H groups in total. The molecule has 5 rings (SSSR count). The van der Waals surface area contributed by atoms with Crippen LogP contribution in [-0.2, 0) is 23.9 Å². The van der Waals surface area contributed by atoms with E-state index >= 15 is 0 Å². The molecule has 178 valence electrons. The fourth-order valence-electron chi connectivity index (χ4n) is 4.18. The molecule has 10 nitrogen and oxygen atoms in total. The Morgan fingerprint density at radius 2 is 2.06 bits per heavy atom. The number of hydrogen-bond acceptors (Lipinski definition) is 8. The number of amides is 3. The smallest absolute Gasteiger partial charge is 0.415 e. The average molecular weight is 506 g/mol. The Balaban J connectivity index is 1.23. The summed E-state index contributed by atoms with van der Waals surface area (Å²) in [5.41, 5.74) is 1.20. The zero-order valence-corrected chi connectivity index (χ0v) is 19.4. The van der Waals surface area contributed by atoms with Crippen molar-refractivity contribution >= 4 is 63.0 Å². The summed E-state index contributed by atoms with van der Waals surface area (Å²) in [6.07, 6.45) is -1.05. The van der Waals surface area contributed by atoms with Crippen molar-refractivity contribution in [3.63, 3.8) is 0 Å². The molecule has 3 amide bonds. The molecule has 0 spiro atoms. The number of fused-ring (bicyclic) bond motifs is 3. The summed E-state index contributed by atoms with van der Waals surface area (Å²) < 4.78 is 17.1. The van der Waals surface area contributed by atoms with E-state index < -0.39 is 29.9 Å². The quantitative estimate of drug-likeness (QED) is 0.600. The maximum atomic E-state index is 12.6. The van der Waals surface area contributed by atoms with Crippen molar-refractivity contribution in [2.75, 3.05) is 41.5 Å². The Kier molecular flexibility index (Phi) is 6.15. The van der Waals surface area contributed by atoms with E-state index in [1.165, 1.54) is 4.90 Å². The van der Waals surface area contributed by atoms with Gasteiger partial charge in [0.05, 0.1) is 21.6 Å². The third-order valence-electron chi connectivity index (χ3n) is 5.84. The van der Waals surface area contributed by atoms with Gasteiger partial charge in [-0.2, -0.15) is 0 Å². The highest BCUT2D eigenvalue weighted by Crippen LogP contribution is 2.41. The highest BCUT2D eigenvalue weighted by Gasteiger charge is 2.46. The number of carbonyl (C=O) groups is 4. The van der Waals surface area contributed by atoms with Gasteiger partial charge in [-0.25, -0.2) is 4.79 Å². The Morgan fingerprint density at radius 3 is 2.82 bits per heavy atom. The minimum Gasteiger partial charge on any atom is -0.489 e. The predicted octanol–water partition coefficient (Wildman–Crippen LogP) is 2.84. The van der Waals surface area contributed by atoms with Crippen LogP contribution in [0, 0.1) is 0 Å². The molecule has 2 fully saturated rings. The zero-order valence-electron chi connectivity index (χ0n) is 17.8. The van der Waals surface area contributed by atoms with Crippen LogP contribution in [0.1, 0.15) is 12.8 Å². The van der Waals surface area contributed by atoms with Gasteiger partial charge in [0.15, 0.2) is 0 Å². The Labute approximate surface area is 203 Å². The number of carbonyl (C=O) groups excluding carboxylic acids is 4. The van der Waals surface area contributed by atoms with E-state index in [4.69, 9.17) is 25.8 Å². The Bertz CT molecular complexity index is 1170. The highest BCUT2D eigenvalue weighted by molar-refractivity contribution is 7.20. The van der Waals surface area contributed by atoms with Crippen LogP contribution in [-0.4, -0.2) is 62.2 Å². The number of anilines is 3. The lowest BCUT2D eigenvalue weighted by Gasteiger charge is -2.33. The number of nitrogens with zero attached hydrogens (tertiary/aromatic N) is 2. The molecule has 3 aliphatic rings. The maximum absolute atomic E-state index is 12.6. The summed E-state index contributed by atoms with van der Waals surface area (Å²) in [4.78, 5) is 52.3. The van der Waals surface area contributed by atoms with Gasteiger partial charge in [0.2, 0.25) is 5.78 Å². The summed E-state index contributed by atoms with van der Waals surface area (Å²) in [6, 6.07) is 8.00. The van der Waals surface area contributed by atoms with Crippen LogP contribution in [0.25, 0.3) is 0 Å². The lowest BCUT2D eigenvalue weighted by molar-refractivity contribution is -0.135. The van der Waals surface area contributed by atoms with Gasteiger partial charge in [-0.1, -0.05) is 11.6 Å². The van der Waals surface area contributed by atoms with Crippen molar-refractivity contribution in [3.05, 3.63) is 34.7 Å². The predicted molar refractivity (Wildman–Crippen MR) is 124 cm³/mol. The summed E-state index contributed by atoms with van der Waals surface area (Å²) in [5, 5.41) is 3.00. The monoisotopic (exact) mass is 505 g/mol. The van der Waals surface area contributed by atoms with Crippen LogP contribution in [0.3, 0.4) is 0 Å². The molecule has 4 heterocycles. The number of cyclic esters (lactones) is 1. The first-order valence-corrected chi connectivity index (χ1v) is 11.8. The van der Waals surface area contributed by atoms with Gasteiger partial charge in [0, 0.05) is 24.7 Å². The van der Waals surface area contributed by atoms with Gasteiger partial charge < -0.3 is 24.4 Å². The fourth-order valence-corrected chi connectivity index (χ4v) is 5.12. The topological polar surface area (TPSA) is 114 Å². The van der Waals surface area contributed by atoms with Crippen molar-refractivity contribution in [2.24, 2.45) is 0 Å². The van der Waals surface area contributed by atoms with Crippen LogP contribution in [0.15, 0.2) is 30.3 Å². The molecule has 2 atom stereocenters. The number of Topliss-reactive ketones (excluding diaryl/α,β-unsaturated/α-hetero) is 1. The minimum absolute atomic E-state index is 0.0258. The van der Waals surface area contributed by atoms with Crippen LogP contribution in [0.2, 0.25) is 4.34 Å². The number of ketones is 1. The molecule has 1 aromatic carbocycles. The first kappa shape index (κ1) is 22.6. The number of morpholine rings is 1. The fraction of sp³-hybridized carbons (Fsp3) is 0.364. The molecular weight excluding hydrogens is 486 g/mol. The summed E-state index contributed by atoms with van der Waals surface area (Å²) >= 11 is 6.99. The first-order chi connectivity index (χ1) is 16.4. The maximum Gasteiger partial charge on any atom is 0.415 e. The molecule has 2 saturated heterocycles. The molecule has 0 aliphatic carbocycles. The van der Waals surface area contributed by atoms with Gasteiger partial charge in [-0.15, -0.1) is 11.3 Å². The molecule has 34 heavy (non-hydrogen) atoms. The molecule has 3 aliphatic heterocycles. The second-order valence-corrected chi connectivity index (χ2v) is 9.66. The summed E-state index contributed by atoms with van der Waals surface area (Å²) in [5.74, 6) is -1.03. The number of hydrogen-bond donors (Lipinski definition) is 1. The molecule has 1 aromatic heterocycles. The van der Waals surface area contributed by atoms with Gasteiger partial charge in [-0.05, 0) is 30.7 Å². The van der Waals surface area contributed by atoms with Crippen LogP contribution in [0.5, 0.6) is 5.75 Å². The van der Waals surface area contributed by atoms with Crippen molar-refractivity contribution < 1.29 is 33.4 Å². The van der Waals surface area contributed by atoms with Crippen LogP contribution in [0.4, 0.5) is 21.2 Å². The molecule has 12 heteroatoms. The van der Waals surface area contributed by atoms with Crippen LogP contribution >= 0.6 is 22.9 Å². The second-order valence-electron chi connectivity index (χ2n) is 7.94. The van der Waals surface area contributed by atoms with E-state index in [1.54, 1.807) is 35.2 Å². The molecule has 0 bridgehead atoms. The van der Waals surface area contributed by atoms with Crippen molar-refractivity contribution in [2.45, 2.75) is 25.0 Å². The third kappa shape index (κ3) is 4.33. The number of thiophene rings is 1. The average Bonchev–Trinajstić information content (AvgIpc) is 3.39. The standard InChI is InChI=1S/C22H20ClN3O7S/c23-18-5-6-19(34-18)24-21(29)15(27)3-4-16-14-10-32-17-9-12(25-7-8-31-11-20(25)28)1-2-13(17)26(14)22(30)33-16/h1-2,5-6,9,14,16H,3-4,7-8,10-11H2,(H,24,29)/t14-,16-/m0/s1. The molecule has 0 saturated carbocycles. The summed E-state index contributed by atoms with van der Waals surface area (Å²) in [6.45, 7) is 1.08. The zero-order chi connectivity index (χ0) is 23.8. The van der Waals surface area contributed by atoms with Gasteiger partial charge >= 0.3 is 6.09 Å². The Morgan fingerprint density at radius 1 is 1.21 bits per heavy atom. The van der Waals surface area contributed by atoms with E-state index in [9.17, 15) is 19.2 Å². The second kappa shape index (κ2) is 9.24. The highest BCUT2D eigenvalue weighted by atomic mass is 35.5. The van der Waals surface area contributed by atoms with E-state index in [1.807, 2.05) is 0 Å². The largest absolute Gasteiger partial charge is 0.489 e. The van der Waals surface area contributed by atoms with Crippen molar-refractivity contribution in [3.8, 4) is 5.75 Å². The van der Waals surface area contributed by atoms with E-state index in [-0.39, 0.29) is 32.0 Å². The van der Waals surface area contributed by atoms with Crippen LogP contribution < -0.4 is 19.9 Å². The minimum atomic E-state index is -0.741. The number of nitrogens with one attached hydrogen (secondary N) is 1. The molecule has 2 aromatic rings. The van der Waals surface area contributed by atoms with Crippen molar-refractivity contribution in [1.82, 2.24) is 0 Å². The number of benzene rings is 1. The number of halogens is 1. The molecule has 0 unspecified atom stereocenters. The van der Waals surface area contributed by atoms with Crippen molar-refractivity contribution in [1.29, 1.82) is 0 Å². The first-order valence-electron chi connectivity index (χ1n) is 10.6. The number of rotatable bonds is 6. The number of ether oxygens (including phenoxy) is 3. The van der Waals surface area contributed by atoms with E-state index in [0.717, 1.165) is 11.3 Å². The lowest BCUT2D eigenvalue weighted by Crippen LogP contribution is -2.45. The third-order valence-corrected chi connectivity index (χ3v) is 6.99. The molecular formula is C22H20ClN3O7S. The van der Waals surface area contributed by atoms with E-state index in [0.29, 0.717) is 39.6 Å². The SMILES string of the molecule is O=C(CC[C@@H]1OC(=O)N2c3ccc(N4CCOCC4=O)cc3OC[C@@H]12)C(=O)Nc1ccc(Cl)s1. The summed E-state index contributed by atoms with van der Waals surface area (Å²) in [7, 11) is 0.